The van der Waals surface area contributed by atoms with Crippen LogP contribution in [0.4, 0.5) is 0 Å². The lowest BCUT2D eigenvalue weighted by molar-refractivity contribution is 0.0655. The van der Waals surface area contributed by atoms with E-state index in [1.165, 1.54) is 11.1 Å². The molecule has 0 fully saturated rings. The molecular formula is C13H22N2O. The van der Waals surface area contributed by atoms with Crippen LogP contribution < -0.4 is 5.32 Å². The van der Waals surface area contributed by atoms with E-state index in [-0.39, 0.29) is 12.1 Å². The molecule has 0 aliphatic carbocycles. The van der Waals surface area contributed by atoms with Crippen molar-refractivity contribution in [2.24, 2.45) is 0 Å². The van der Waals surface area contributed by atoms with Gasteiger partial charge in [-0.2, -0.15) is 0 Å². The Morgan fingerprint density at radius 2 is 2.12 bits per heavy atom. The minimum Gasteiger partial charge on any atom is -0.379 e. The van der Waals surface area contributed by atoms with Crippen LogP contribution in [0.3, 0.4) is 0 Å². The molecule has 1 N–H and O–H groups in total. The molecule has 0 aliphatic rings. The van der Waals surface area contributed by atoms with E-state index in [1.54, 1.807) is 7.11 Å². The highest BCUT2D eigenvalue weighted by Crippen LogP contribution is 2.21. The second kappa shape index (κ2) is 6.61. The first-order valence-corrected chi connectivity index (χ1v) is 5.90. The van der Waals surface area contributed by atoms with Crippen LogP contribution in [0.2, 0.25) is 0 Å². The van der Waals surface area contributed by atoms with Gasteiger partial charge in [0.2, 0.25) is 0 Å². The molecule has 1 rings (SSSR count). The van der Waals surface area contributed by atoms with Gasteiger partial charge in [0.05, 0.1) is 12.1 Å². The zero-order valence-corrected chi connectivity index (χ0v) is 10.7. The van der Waals surface area contributed by atoms with Gasteiger partial charge in [-0.1, -0.05) is 19.9 Å². The Morgan fingerprint density at radius 1 is 1.38 bits per heavy atom. The Balaban J connectivity index is 2.91. The molecule has 1 aromatic heterocycles. The van der Waals surface area contributed by atoms with Gasteiger partial charge >= 0.3 is 0 Å². The highest BCUT2D eigenvalue weighted by atomic mass is 16.5. The highest BCUT2D eigenvalue weighted by molar-refractivity contribution is 5.21. The molecule has 2 atom stereocenters. The third-order valence-corrected chi connectivity index (χ3v) is 2.76. The first kappa shape index (κ1) is 13.1. The van der Waals surface area contributed by atoms with Crippen LogP contribution in [0.25, 0.3) is 0 Å². The maximum Gasteiger partial charge on any atom is 0.0763 e. The van der Waals surface area contributed by atoms with Crippen LogP contribution in [0.5, 0.6) is 0 Å². The second-order valence-corrected chi connectivity index (χ2v) is 4.01. The maximum absolute atomic E-state index is 5.52. The van der Waals surface area contributed by atoms with Gasteiger partial charge in [0.1, 0.15) is 0 Å². The molecular weight excluding hydrogens is 200 g/mol. The molecule has 0 saturated carbocycles. The third-order valence-electron chi connectivity index (χ3n) is 2.76. The van der Waals surface area contributed by atoms with Gasteiger partial charge in [0.25, 0.3) is 0 Å². The maximum atomic E-state index is 5.52. The molecule has 90 valence electrons. The molecule has 0 aromatic carbocycles. The molecule has 1 heterocycles. The Kier molecular flexibility index (Phi) is 5.43. The van der Waals surface area contributed by atoms with Crippen molar-refractivity contribution in [1.29, 1.82) is 0 Å². The van der Waals surface area contributed by atoms with Crippen molar-refractivity contribution in [3.63, 3.8) is 0 Å². The molecule has 0 amide bonds. The number of hydrogen-bond donors (Lipinski definition) is 1. The number of pyridine rings is 1. The van der Waals surface area contributed by atoms with Crippen molar-refractivity contribution in [2.45, 2.75) is 39.3 Å². The zero-order chi connectivity index (χ0) is 12.0. The summed E-state index contributed by atoms with van der Waals surface area (Å²) in [6.45, 7) is 7.24. The number of aryl methyl sites for hydroxylation is 1. The molecule has 1 aromatic rings. The van der Waals surface area contributed by atoms with Crippen molar-refractivity contribution >= 4 is 0 Å². The molecule has 3 nitrogen and oxygen atoms in total. The van der Waals surface area contributed by atoms with Crippen molar-refractivity contribution < 1.29 is 4.74 Å². The Hall–Kier alpha value is -0.930. The fraction of sp³-hybridized carbons (Fsp3) is 0.615. The van der Waals surface area contributed by atoms with Gasteiger partial charge in [0, 0.05) is 19.5 Å². The van der Waals surface area contributed by atoms with Crippen LogP contribution in [0.15, 0.2) is 18.5 Å². The number of methoxy groups -OCH3 is 1. The number of nitrogens with zero attached hydrogens (tertiary/aromatic N) is 1. The molecule has 0 spiro atoms. The number of likely N-dealkylation sites (N-methyl/N-ethyl adjacent to an activating group) is 1. The lowest BCUT2D eigenvalue weighted by Crippen LogP contribution is -2.33. The van der Waals surface area contributed by atoms with E-state index in [1.807, 2.05) is 12.4 Å². The van der Waals surface area contributed by atoms with Crippen molar-refractivity contribution in [2.75, 3.05) is 13.7 Å². The van der Waals surface area contributed by atoms with E-state index in [0.29, 0.717) is 0 Å². The van der Waals surface area contributed by atoms with Crippen LogP contribution in [0, 0.1) is 6.92 Å². The number of nitrogens with one attached hydrogen (secondary N) is 1. The summed E-state index contributed by atoms with van der Waals surface area (Å²) in [6.07, 6.45) is 4.98. The highest BCUT2D eigenvalue weighted by Gasteiger charge is 2.20. The summed E-state index contributed by atoms with van der Waals surface area (Å²) in [7, 11) is 1.77. The Labute approximate surface area is 98.2 Å². The van der Waals surface area contributed by atoms with Gasteiger partial charge < -0.3 is 10.1 Å². The predicted molar refractivity (Wildman–Crippen MR) is 66.5 cm³/mol. The molecule has 0 aliphatic heterocycles. The SMILES string of the molecule is CCNC(c1cncc(C)c1)C(CC)OC. The first-order valence-electron chi connectivity index (χ1n) is 5.90. The van der Waals surface area contributed by atoms with Crippen LogP contribution in [-0.2, 0) is 4.74 Å². The van der Waals surface area contributed by atoms with Crippen LogP contribution in [-0.4, -0.2) is 24.7 Å². The first-order chi connectivity index (χ1) is 7.72. The lowest BCUT2D eigenvalue weighted by atomic mass is 10.00. The second-order valence-electron chi connectivity index (χ2n) is 4.01. The van der Waals surface area contributed by atoms with Gasteiger partial charge in [-0.3, -0.25) is 4.98 Å². The average molecular weight is 222 g/mol. The molecule has 0 radical (unpaired) electrons. The average Bonchev–Trinajstić information content (AvgIpc) is 2.29. The Morgan fingerprint density at radius 3 is 2.62 bits per heavy atom. The quantitative estimate of drug-likeness (QED) is 0.803. The topological polar surface area (TPSA) is 34.2 Å². The van der Waals surface area contributed by atoms with Gasteiger partial charge in [-0.25, -0.2) is 0 Å². The van der Waals surface area contributed by atoms with E-state index in [0.717, 1.165) is 13.0 Å². The van der Waals surface area contributed by atoms with Gasteiger partial charge in [-0.15, -0.1) is 0 Å². The Bertz CT molecular complexity index is 311. The van der Waals surface area contributed by atoms with Gasteiger partial charge in [-0.05, 0) is 31.0 Å². The van der Waals surface area contributed by atoms with Crippen LogP contribution in [0.1, 0.15) is 37.4 Å². The minimum atomic E-state index is 0.198. The van der Waals surface area contributed by atoms with Crippen molar-refractivity contribution in [3.05, 3.63) is 29.6 Å². The molecule has 3 heteroatoms. The molecule has 2 unspecified atom stereocenters. The summed E-state index contributed by atoms with van der Waals surface area (Å²) >= 11 is 0. The summed E-state index contributed by atoms with van der Waals surface area (Å²) < 4.78 is 5.52. The number of ether oxygens (including phenoxy) is 1. The molecule has 0 bridgehead atoms. The van der Waals surface area contributed by atoms with Crippen LogP contribution >= 0.6 is 0 Å². The minimum absolute atomic E-state index is 0.198. The standard InChI is InChI=1S/C13H22N2O/c1-5-12(16-4)13(15-6-2)11-7-10(3)8-14-9-11/h7-9,12-13,15H,5-6H2,1-4H3. The summed E-state index contributed by atoms with van der Waals surface area (Å²) in [5, 5.41) is 3.46. The monoisotopic (exact) mass is 222 g/mol. The largest absolute Gasteiger partial charge is 0.379 e. The van der Waals surface area contributed by atoms with E-state index < -0.39 is 0 Å². The normalized spacial score (nSPS) is 14.8. The third kappa shape index (κ3) is 3.29. The fourth-order valence-electron chi connectivity index (χ4n) is 1.97. The smallest absolute Gasteiger partial charge is 0.0763 e. The number of hydrogen-bond acceptors (Lipinski definition) is 3. The fourth-order valence-corrected chi connectivity index (χ4v) is 1.97. The van der Waals surface area contributed by atoms with E-state index in [4.69, 9.17) is 4.74 Å². The summed E-state index contributed by atoms with van der Waals surface area (Å²) in [6, 6.07) is 2.40. The summed E-state index contributed by atoms with van der Waals surface area (Å²) in [5.41, 5.74) is 2.39. The van der Waals surface area contributed by atoms with E-state index >= 15 is 0 Å². The zero-order valence-electron chi connectivity index (χ0n) is 10.7. The lowest BCUT2D eigenvalue weighted by Gasteiger charge is -2.26. The van der Waals surface area contributed by atoms with Gasteiger partial charge in [0.15, 0.2) is 0 Å². The predicted octanol–water partition coefficient (Wildman–Crippen LogP) is 2.47. The summed E-state index contributed by atoms with van der Waals surface area (Å²) in [4.78, 5) is 4.24. The van der Waals surface area contributed by atoms with Crippen molar-refractivity contribution in [1.82, 2.24) is 10.3 Å². The molecule has 16 heavy (non-hydrogen) atoms. The van der Waals surface area contributed by atoms with Crippen molar-refractivity contribution in [3.8, 4) is 0 Å². The van der Waals surface area contributed by atoms with E-state index in [2.05, 4.69) is 37.1 Å². The number of aromatic nitrogens is 1. The number of rotatable bonds is 6. The molecule has 0 saturated heterocycles. The summed E-state index contributed by atoms with van der Waals surface area (Å²) in [5.74, 6) is 0. The van der Waals surface area contributed by atoms with E-state index in [9.17, 15) is 0 Å².